The number of hydrogen-bond acceptors (Lipinski definition) is 3. The van der Waals surface area contributed by atoms with Crippen molar-refractivity contribution in [3.05, 3.63) is 21.4 Å². The van der Waals surface area contributed by atoms with Crippen LogP contribution in [-0.2, 0) is 0 Å². The van der Waals surface area contributed by atoms with Gasteiger partial charge in [-0.15, -0.1) is 11.3 Å². The standard InChI is InChI=1S/C15H24N2OS/c1-4-12-5-6-17(13(8-12)9-16)15(18)14-7-10(2)11(3)19-14/h7,12-13H,4-6,8-9,16H2,1-3H3. The molecule has 106 valence electrons. The molecule has 4 heteroatoms. The number of hydrogen-bond donors (Lipinski definition) is 1. The monoisotopic (exact) mass is 280 g/mol. The van der Waals surface area contributed by atoms with E-state index in [2.05, 4.69) is 20.8 Å². The predicted molar refractivity (Wildman–Crippen MR) is 80.7 cm³/mol. The first-order valence-corrected chi connectivity index (χ1v) is 7.96. The van der Waals surface area contributed by atoms with E-state index in [4.69, 9.17) is 5.73 Å². The van der Waals surface area contributed by atoms with Gasteiger partial charge in [0.2, 0.25) is 0 Å². The Bertz CT molecular complexity index is 435. The van der Waals surface area contributed by atoms with E-state index in [1.165, 1.54) is 16.9 Å². The Morgan fingerprint density at radius 3 is 2.79 bits per heavy atom. The number of aryl methyl sites for hydroxylation is 2. The first kappa shape index (κ1) is 14.5. The summed E-state index contributed by atoms with van der Waals surface area (Å²) >= 11 is 1.60. The molecule has 1 aliphatic rings. The van der Waals surface area contributed by atoms with Crippen molar-refractivity contribution in [1.29, 1.82) is 0 Å². The fourth-order valence-corrected chi connectivity index (χ4v) is 3.81. The van der Waals surface area contributed by atoms with E-state index < -0.39 is 0 Å². The molecule has 0 saturated carbocycles. The van der Waals surface area contributed by atoms with E-state index in [-0.39, 0.29) is 11.9 Å². The highest BCUT2D eigenvalue weighted by atomic mass is 32.1. The van der Waals surface area contributed by atoms with Crippen molar-refractivity contribution in [2.45, 2.75) is 46.1 Å². The summed E-state index contributed by atoms with van der Waals surface area (Å²) in [5, 5.41) is 0. The van der Waals surface area contributed by atoms with Crippen molar-refractivity contribution in [1.82, 2.24) is 4.90 Å². The number of nitrogens with zero attached hydrogens (tertiary/aromatic N) is 1. The van der Waals surface area contributed by atoms with Gasteiger partial charge < -0.3 is 10.6 Å². The largest absolute Gasteiger partial charge is 0.334 e. The van der Waals surface area contributed by atoms with Crippen LogP contribution in [0, 0.1) is 19.8 Å². The number of carbonyl (C=O) groups is 1. The molecule has 1 aromatic heterocycles. The average Bonchev–Trinajstić information content (AvgIpc) is 2.77. The number of carbonyl (C=O) groups excluding carboxylic acids is 1. The molecule has 0 bridgehead atoms. The molecular weight excluding hydrogens is 256 g/mol. The van der Waals surface area contributed by atoms with E-state index in [0.29, 0.717) is 6.54 Å². The second kappa shape index (κ2) is 6.06. The zero-order chi connectivity index (χ0) is 14.0. The van der Waals surface area contributed by atoms with Crippen LogP contribution < -0.4 is 5.73 Å². The SMILES string of the molecule is CCC1CCN(C(=O)c2cc(C)c(C)s2)C(CN)C1. The highest BCUT2D eigenvalue weighted by Gasteiger charge is 2.31. The summed E-state index contributed by atoms with van der Waals surface area (Å²) in [5.41, 5.74) is 7.08. The highest BCUT2D eigenvalue weighted by Crippen LogP contribution is 2.28. The van der Waals surface area contributed by atoms with Crippen LogP contribution >= 0.6 is 11.3 Å². The third kappa shape index (κ3) is 3.00. The quantitative estimate of drug-likeness (QED) is 0.925. The fourth-order valence-electron chi connectivity index (χ4n) is 2.82. The van der Waals surface area contributed by atoms with E-state index in [1.807, 2.05) is 11.0 Å². The first-order chi connectivity index (χ1) is 9.06. The molecule has 0 aromatic carbocycles. The molecule has 1 amide bonds. The lowest BCUT2D eigenvalue weighted by atomic mass is 9.89. The van der Waals surface area contributed by atoms with Crippen LogP contribution in [-0.4, -0.2) is 29.9 Å². The molecule has 2 unspecified atom stereocenters. The summed E-state index contributed by atoms with van der Waals surface area (Å²) in [6.45, 7) is 7.79. The molecule has 19 heavy (non-hydrogen) atoms. The van der Waals surface area contributed by atoms with Crippen molar-refractivity contribution in [3.8, 4) is 0 Å². The van der Waals surface area contributed by atoms with Crippen LogP contribution in [0.2, 0.25) is 0 Å². The Balaban J connectivity index is 2.14. The lowest BCUT2D eigenvalue weighted by Gasteiger charge is -2.38. The third-order valence-electron chi connectivity index (χ3n) is 4.31. The second-order valence-corrected chi connectivity index (χ2v) is 6.79. The topological polar surface area (TPSA) is 46.3 Å². The summed E-state index contributed by atoms with van der Waals surface area (Å²) in [5.74, 6) is 0.899. The number of likely N-dealkylation sites (tertiary alicyclic amines) is 1. The van der Waals surface area contributed by atoms with Crippen molar-refractivity contribution in [2.75, 3.05) is 13.1 Å². The highest BCUT2D eigenvalue weighted by molar-refractivity contribution is 7.14. The lowest BCUT2D eigenvalue weighted by Crippen LogP contribution is -2.49. The van der Waals surface area contributed by atoms with Crippen LogP contribution in [0.4, 0.5) is 0 Å². The summed E-state index contributed by atoms with van der Waals surface area (Å²) < 4.78 is 0. The van der Waals surface area contributed by atoms with Crippen LogP contribution in [0.1, 0.15) is 46.3 Å². The van der Waals surface area contributed by atoms with Crippen LogP contribution in [0.3, 0.4) is 0 Å². The second-order valence-electron chi connectivity index (χ2n) is 5.54. The molecule has 1 aromatic rings. The van der Waals surface area contributed by atoms with Gasteiger partial charge in [0.1, 0.15) is 0 Å². The minimum absolute atomic E-state index is 0.172. The van der Waals surface area contributed by atoms with Gasteiger partial charge in [0.15, 0.2) is 0 Å². The zero-order valence-electron chi connectivity index (χ0n) is 12.1. The summed E-state index contributed by atoms with van der Waals surface area (Å²) in [7, 11) is 0. The van der Waals surface area contributed by atoms with Crippen molar-refractivity contribution in [2.24, 2.45) is 11.7 Å². The molecule has 2 N–H and O–H groups in total. The van der Waals surface area contributed by atoms with Crippen molar-refractivity contribution >= 4 is 17.2 Å². The predicted octanol–water partition coefficient (Wildman–Crippen LogP) is 2.95. The van der Waals surface area contributed by atoms with Gasteiger partial charge in [-0.05, 0) is 44.2 Å². The molecule has 1 aliphatic heterocycles. The first-order valence-electron chi connectivity index (χ1n) is 7.14. The van der Waals surface area contributed by atoms with Gasteiger partial charge in [-0.2, -0.15) is 0 Å². The maximum atomic E-state index is 12.6. The smallest absolute Gasteiger partial charge is 0.264 e. The number of piperidine rings is 1. The minimum atomic E-state index is 0.172. The number of nitrogens with two attached hydrogens (primary N) is 1. The number of rotatable bonds is 3. The lowest BCUT2D eigenvalue weighted by molar-refractivity contribution is 0.0563. The van der Waals surface area contributed by atoms with Crippen LogP contribution in [0.15, 0.2) is 6.07 Å². The summed E-state index contributed by atoms with van der Waals surface area (Å²) in [6.07, 6.45) is 3.36. The van der Waals surface area contributed by atoms with Gasteiger partial charge in [-0.25, -0.2) is 0 Å². The molecule has 2 rings (SSSR count). The number of thiophene rings is 1. The Labute approximate surface area is 119 Å². The van der Waals surface area contributed by atoms with E-state index in [1.54, 1.807) is 11.3 Å². The Hall–Kier alpha value is -0.870. The van der Waals surface area contributed by atoms with E-state index >= 15 is 0 Å². The summed E-state index contributed by atoms with van der Waals surface area (Å²) in [4.78, 5) is 16.7. The molecule has 1 saturated heterocycles. The normalized spacial score (nSPS) is 23.7. The third-order valence-corrected chi connectivity index (χ3v) is 5.45. The van der Waals surface area contributed by atoms with Crippen molar-refractivity contribution in [3.63, 3.8) is 0 Å². The minimum Gasteiger partial charge on any atom is -0.334 e. The van der Waals surface area contributed by atoms with Crippen molar-refractivity contribution < 1.29 is 4.79 Å². The van der Waals surface area contributed by atoms with Gasteiger partial charge in [0.05, 0.1) is 4.88 Å². The Morgan fingerprint density at radius 2 is 2.26 bits per heavy atom. The Kier molecular flexibility index (Phi) is 4.63. The molecule has 2 heterocycles. The van der Waals surface area contributed by atoms with Crippen LogP contribution in [0.25, 0.3) is 0 Å². The molecular formula is C15H24N2OS. The zero-order valence-corrected chi connectivity index (χ0v) is 12.9. The maximum absolute atomic E-state index is 12.6. The molecule has 3 nitrogen and oxygen atoms in total. The van der Waals surface area contributed by atoms with E-state index in [9.17, 15) is 4.79 Å². The summed E-state index contributed by atoms with van der Waals surface area (Å²) in [6, 6.07) is 2.23. The van der Waals surface area contributed by atoms with E-state index in [0.717, 1.165) is 30.2 Å². The fraction of sp³-hybridized carbons (Fsp3) is 0.667. The molecule has 0 spiro atoms. The van der Waals surface area contributed by atoms with Gasteiger partial charge >= 0.3 is 0 Å². The Morgan fingerprint density at radius 1 is 1.53 bits per heavy atom. The van der Waals surface area contributed by atoms with Gasteiger partial charge in [0, 0.05) is 24.0 Å². The molecule has 2 atom stereocenters. The average molecular weight is 280 g/mol. The van der Waals surface area contributed by atoms with Gasteiger partial charge in [-0.3, -0.25) is 4.79 Å². The number of amides is 1. The maximum Gasteiger partial charge on any atom is 0.264 e. The molecule has 0 radical (unpaired) electrons. The molecule has 0 aliphatic carbocycles. The van der Waals surface area contributed by atoms with Gasteiger partial charge in [-0.1, -0.05) is 13.3 Å². The van der Waals surface area contributed by atoms with Crippen LogP contribution in [0.5, 0.6) is 0 Å². The molecule has 1 fully saturated rings. The van der Waals surface area contributed by atoms with Gasteiger partial charge in [0.25, 0.3) is 5.91 Å².